The predicted octanol–water partition coefficient (Wildman–Crippen LogP) is 3.25. The number of aromatic nitrogens is 3. The minimum absolute atomic E-state index is 0.0141. The van der Waals surface area contributed by atoms with Crippen molar-refractivity contribution in [3.8, 4) is 11.4 Å². The molecule has 2 amide bonds. The van der Waals surface area contributed by atoms with E-state index < -0.39 is 0 Å². The fourth-order valence-corrected chi connectivity index (χ4v) is 3.07. The number of nitrogens with one attached hydrogen (secondary N) is 2. The summed E-state index contributed by atoms with van der Waals surface area (Å²) in [6, 6.07) is 11.2. The maximum absolute atomic E-state index is 12.2. The van der Waals surface area contributed by atoms with Crippen LogP contribution >= 0.6 is 0 Å². The number of urea groups is 1. The molecule has 0 aliphatic heterocycles. The Labute approximate surface area is 144 Å². The third-order valence-corrected chi connectivity index (χ3v) is 4.22. The average molecular weight is 335 g/mol. The maximum atomic E-state index is 12.2. The lowest BCUT2D eigenvalue weighted by Crippen LogP contribution is -2.31. The topological polar surface area (TPSA) is 92.9 Å². The van der Waals surface area contributed by atoms with Gasteiger partial charge in [0.1, 0.15) is 5.82 Å². The van der Waals surface area contributed by atoms with Gasteiger partial charge in [-0.05, 0) is 42.2 Å². The van der Waals surface area contributed by atoms with Crippen molar-refractivity contribution in [1.29, 1.82) is 0 Å². The highest BCUT2D eigenvalue weighted by Crippen LogP contribution is 2.33. The average Bonchev–Trinajstić information content (AvgIpc) is 3.22. The number of carbonyl (C=O) groups excluding carboxylic acids is 1. The Balaban J connectivity index is 1.47. The second-order valence-corrected chi connectivity index (χ2v) is 5.96. The number of hydrogen-bond donors (Lipinski definition) is 2. The van der Waals surface area contributed by atoms with Crippen LogP contribution in [-0.2, 0) is 6.42 Å². The van der Waals surface area contributed by atoms with Crippen LogP contribution in [0.15, 0.2) is 47.1 Å². The lowest BCUT2D eigenvalue weighted by atomic mass is 10.0. The van der Waals surface area contributed by atoms with Crippen LogP contribution in [0.1, 0.15) is 29.5 Å². The number of fused-ring (bicyclic) bond motifs is 1. The van der Waals surface area contributed by atoms with E-state index in [9.17, 15) is 4.79 Å². The second-order valence-electron chi connectivity index (χ2n) is 5.96. The Hall–Kier alpha value is -3.22. The van der Waals surface area contributed by atoms with Gasteiger partial charge < -0.3 is 9.84 Å². The van der Waals surface area contributed by atoms with Gasteiger partial charge in [0.2, 0.25) is 11.7 Å². The zero-order valence-corrected chi connectivity index (χ0v) is 13.7. The first-order valence-corrected chi connectivity index (χ1v) is 8.11. The van der Waals surface area contributed by atoms with Gasteiger partial charge in [0.25, 0.3) is 0 Å². The van der Waals surface area contributed by atoms with Crippen molar-refractivity contribution >= 4 is 11.8 Å². The molecule has 7 nitrogen and oxygen atoms in total. The molecule has 1 unspecified atom stereocenters. The molecular weight excluding hydrogens is 318 g/mol. The summed E-state index contributed by atoms with van der Waals surface area (Å²) in [5, 5.41) is 9.71. The Bertz CT molecular complexity index is 907. The monoisotopic (exact) mass is 335 g/mol. The van der Waals surface area contributed by atoms with Gasteiger partial charge in [-0.1, -0.05) is 23.4 Å². The van der Waals surface area contributed by atoms with Gasteiger partial charge in [-0.25, -0.2) is 9.78 Å². The van der Waals surface area contributed by atoms with Crippen LogP contribution in [-0.4, -0.2) is 21.2 Å². The molecule has 0 bridgehead atoms. The number of nitrogens with zero attached hydrogens (tertiary/aromatic N) is 3. The first-order chi connectivity index (χ1) is 12.2. The molecule has 0 radical (unpaired) electrons. The van der Waals surface area contributed by atoms with Gasteiger partial charge >= 0.3 is 6.03 Å². The van der Waals surface area contributed by atoms with E-state index in [0.717, 1.165) is 24.0 Å². The summed E-state index contributed by atoms with van der Waals surface area (Å²) in [6.45, 7) is 1.77. The van der Waals surface area contributed by atoms with Crippen molar-refractivity contribution < 1.29 is 9.32 Å². The normalized spacial score (nSPS) is 15.6. The predicted molar refractivity (Wildman–Crippen MR) is 91.9 cm³/mol. The Kier molecular flexibility index (Phi) is 3.89. The lowest BCUT2D eigenvalue weighted by molar-refractivity contribution is 0.248. The SMILES string of the molecule is Cc1nc(-c2ccc3c(c2)CCC3NC(=O)Nc2ccccn2)no1. The molecule has 25 heavy (non-hydrogen) atoms. The van der Waals surface area contributed by atoms with E-state index >= 15 is 0 Å². The van der Waals surface area contributed by atoms with Crippen LogP contribution in [0.25, 0.3) is 11.4 Å². The summed E-state index contributed by atoms with van der Waals surface area (Å²) in [5.41, 5.74) is 3.25. The molecule has 1 aromatic carbocycles. The van der Waals surface area contributed by atoms with Gasteiger partial charge in [0.15, 0.2) is 0 Å². The highest BCUT2D eigenvalue weighted by atomic mass is 16.5. The van der Waals surface area contributed by atoms with Crippen LogP contribution in [0.5, 0.6) is 0 Å². The van der Waals surface area contributed by atoms with E-state index in [4.69, 9.17) is 4.52 Å². The summed E-state index contributed by atoms with van der Waals surface area (Å²) in [4.78, 5) is 20.5. The molecule has 1 aliphatic carbocycles. The van der Waals surface area contributed by atoms with E-state index in [1.54, 1.807) is 25.3 Å². The first kappa shape index (κ1) is 15.3. The van der Waals surface area contributed by atoms with Crippen LogP contribution in [0.2, 0.25) is 0 Å². The number of aryl methyl sites for hydroxylation is 2. The number of anilines is 1. The van der Waals surface area contributed by atoms with Gasteiger partial charge in [-0.2, -0.15) is 4.98 Å². The molecule has 4 rings (SSSR count). The molecule has 126 valence electrons. The summed E-state index contributed by atoms with van der Waals surface area (Å²) in [6.07, 6.45) is 3.40. The van der Waals surface area contributed by atoms with Crippen LogP contribution in [0, 0.1) is 6.92 Å². The molecule has 7 heteroatoms. The molecule has 0 saturated carbocycles. The Morgan fingerprint density at radius 2 is 2.20 bits per heavy atom. The number of rotatable bonds is 3. The number of carbonyl (C=O) groups is 1. The highest BCUT2D eigenvalue weighted by Gasteiger charge is 2.25. The van der Waals surface area contributed by atoms with E-state index in [1.807, 2.05) is 18.2 Å². The smallest absolute Gasteiger partial charge is 0.320 e. The fourth-order valence-electron chi connectivity index (χ4n) is 3.07. The van der Waals surface area contributed by atoms with Crippen molar-refractivity contribution in [1.82, 2.24) is 20.4 Å². The van der Waals surface area contributed by atoms with Gasteiger partial charge in [-0.3, -0.25) is 5.32 Å². The Morgan fingerprint density at radius 1 is 1.28 bits per heavy atom. The van der Waals surface area contributed by atoms with Gasteiger partial charge in [0, 0.05) is 18.7 Å². The molecular formula is C18H17N5O2. The molecule has 0 fully saturated rings. The molecule has 0 spiro atoms. The van der Waals surface area contributed by atoms with Gasteiger partial charge in [0.05, 0.1) is 6.04 Å². The van der Waals surface area contributed by atoms with Gasteiger partial charge in [-0.15, -0.1) is 0 Å². The molecule has 2 N–H and O–H groups in total. The van der Waals surface area contributed by atoms with Crippen LogP contribution in [0.4, 0.5) is 10.6 Å². The van der Waals surface area contributed by atoms with E-state index in [2.05, 4.69) is 31.8 Å². The zero-order valence-electron chi connectivity index (χ0n) is 13.7. The molecule has 0 saturated heterocycles. The third kappa shape index (κ3) is 3.21. The number of pyridine rings is 1. The van der Waals surface area contributed by atoms with Crippen LogP contribution in [0.3, 0.4) is 0 Å². The van der Waals surface area contributed by atoms with Crippen molar-refractivity contribution in [3.05, 3.63) is 59.6 Å². The molecule has 2 aromatic heterocycles. The summed E-state index contributed by atoms with van der Waals surface area (Å²) >= 11 is 0. The lowest BCUT2D eigenvalue weighted by Gasteiger charge is -2.14. The fraction of sp³-hybridized carbons (Fsp3) is 0.222. The minimum atomic E-state index is -0.255. The standard InChI is InChI=1S/C18H17N5O2/c1-11-20-17(23-25-11)13-5-7-14-12(10-13)6-8-15(14)21-18(24)22-16-4-2-3-9-19-16/h2-5,7,9-10,15H,6,8H2,1H3,(H2,19,21,22,24). The van der Waals surface area contributed by atoms with E-state index in [1.165, 1.54) is 5.56 Å². The van der Waals surface area contributed by atoms with Crippen molar-refractivity contribution in [2.24, 2.45) is 0 Å². The minimum Gasteiger partial charge on any atom is -0.339 e. The zero-order chi connectivity index (χ0) is 17.2. The first-order valence-electron chi connectivity index (χ1n) is 8.11. The number of amides is 2. The van der Waals surface area contributed by atoms with E-state index in [-0.39, 0.29) is 12.1 Å². The number of benzene rings is 1. The Morgan fingerprint density at radius 3 is 2.96 bits per heavy atom. The largest absolute Gasteiger partial charge is 0.339 e. The molecule has 2 heterocycles. The summed E-state index contributed by atoms with van der Waals surface area (Å²) < 4.78 is 5.04. The summed E-state index contributed by atoms with van der Waals surface area (Å²) in [7, 11) is 0. The van der Waals surface area contributed by atoms with Crippen molar-refractivity contribution in [3.63, 3.8) is 0 Å². The quantitative estimate of drug-likeness (QED) is 0.766. The molecule has 1 atom stereocenters. The maximum Gasteiger partial charge on any atom is 0.320 e. The van der Waals surface area contributed by atoms with E-state index in [0.29, 0.717) is 17.5 Å². The van der Waals surface area contributed by atoms with Crippen LogP contribution < -0.4 is 10.6 Å². The highest BCUT2D eigenvalue weighted by molar-refractivity contribution is 5.88. The van der Waals surface area contributed by atoms with Crippen molar-refractivity contribution in [2.45, 2.75) is 25.8 Å². The second kappa shape index (κ2) is 6.35. The summed E-state index contributed by atoms with van der Waals surface area (Å²) in [5.74, 6) is 1.66. The molecule has 3 aromatic rings. The van der Waals surface area contributed by atoms with Crippen molar-refractivity contribution in [2.75, 3.05) is 5.32 Å². The number of hydrogen-bond acceptors (Lipinski definition) is 5. The third-order valence-electron chi connectivity index (χ3n) is 4.22. The molecule has 1 aliphatic rings.